The lowest BCUT2D eigenvalue weighted by atomic mass is 10.1. The van der Waals surface area contributed by atoms with Crippen molar-refractivity contribution in [2.75, 3.05) is 0 Å². The highest BCUT2D eigenvalue weighted by Crippen LogP contribution is 2.28. The molecule has 7 heteroatoms. The fraction of sp³-hybridized carbons (Fsp3) is 0.250. The van der Waals surface area contributed by atoms with Crippen LogP contribution in [0.25, 0.3) is 0 Å². The molecule has 2 unspecified atom stereocenters. The first kappa shape index (κ1) is 17.1. The second-order valence-corrected chi connectivity index (χ2v) is 7.08. The van der Waals surface area contributed by atoms with Gasteiger partial charge >= 0.3 is 0 Å². The third kappa shape index (κ3) is 3.25. The lowest BCUT2D eigenvalue weighted by Crippen LogP contribution is -2.22. The van der Waals surface area contributed by atoms with Crippen molar-refractivity contribution in [2.45, 2.75) is 24.6 Å². The van der Waals surface area contributed by atoms with Crippen LogP contribution in [0.5, 0.6) is 0 Å². The molecule has 0 spiro atoms. The van der Waals surface area contributed by atoms with Gasteiger partial charge in [-0.1, -0.05) is 30.3 Å². The Bertz CT molecular complexity index is 794. The molecule has 0 aliphatic carbocycles. The van der Waals surface area contributed by atoms with E-state index in [1.54, 1.807) is 31.2 Å². The van der Waals surface area contributed by atoms with Crippen molar-refractivity contribution in [2.24, 2.45) is 5.73 Å². The molecule has 0 saturated carbocycles. The SMILES string of the molecule is C=CC(c1ccc(CN)cc1)S(=O)(=O)n1ccnc1C(C)C=O. The number of aromatic nitrogens is 2. The van der Waals surface area contributed by atoms with E-state index in [9.17, 15) is 13.2 Å². The van der Waals surface area contributed by atoms with Gasteiger partial charge in [-0.05, 0) is 18.1 Å². The van der Waals surface area contributed by atoms with E-state index in [-0.39, 0.29) is 5.82 Å². The van der Waals surface area contributed by atoms with Gasteiger partial charge in [-0.3, -0.25) is 0 Å². The third-order valence-corrected chi connectivity index (χ3v) is 5.56. The number of benzene rings is 1. The maximum Gasteiger partial charge on any atom is 0.250 e. The van der Waals surface area contributed by atoms with Crippen LogP contribution in [0.2, 0.25) is 0 Å². The molecule has 2 N–H and O–H groups in total. The van der Waals surface area contributed by atoms with E-state index in [0.717, 1.165) is 9.54 Å². The van der Waals surface area contributed by atoms with E-state index >= 15 is 0 Å². The number of hydrogen-bond donors (Lipinski definition) is 1. The summed E-state index contributed by atoms with van der Waals surface area (Å²) in [6, 6.07) is 6.99. The Morgan fingerprint density at radius 1 is 1.35 bits per heavy atom. The minimum absolute atomic E-state index is 0.186. The van der Waals surface area contributed by atoms with Crippen LogP contribution in [0.4, 0.5) is 0 Å². The highest BCUT2D eigenvalue weighted by Gasteiger charge is 2.29. The van der Waals surface area contributed by atoms with Gasteiger partial charge in [0.05, 0.1) is 5.92 Å². The third-order valence-electron chi connectivity index (χ3n) is 3.60. The molecule has 1 aromatic carbocycles. The van der Waals surface area contributed by atoms with Crippen LogP contribution in [0, 0.1) is 0 Å². The van der Waals surface area contributed by atoms with E-state index in [1.807, 2.05) is 0 Å². The average Bonchev–Trinajstić information content (AvgIpc) is 3.05. The van der Waals surface area contributed by atoms with Crippen LogP contribution in [0.3, 0.4) is 0 Å². The summed E-state index contributed by atoms with van der Waals surface area (Å²) in [6.45, 7) is 5.62. The molecular weight excluding hydrogens is 314 g/mol. The Morgan fingerprint density at radius 3 is 2.52 bits per heavy atom. The maximum absolute atomic E-state index is 12.9. The predicted molar refractivity (Wildman–Crippen MR) is 88.3 cm³/mol. The summed E-state index contributed by atoms with van der Waals surface area (Å²) in [5.74, 6) is -0.435. The molecular formula is C16H19N3O3S. The molecule has 0 bridgehead atoms. The van der Waals surface area contributed by atoms with Crippen molar-refractivity contribution in [3.63, 3.8) is 0 Å². The first-order valence-electron chi connectivity index (χ1n) is 7.10. The molecule has 6 nitrogen and oxygen atoms in total. The van der Waals surface area contributed by atoms with Crippen molar-refractivity contribution < 1.29 is 13.2 Å². The number of carbonyl (C=O) groups is 1. The quantitative estimate of drug-likeness (QED) is 0.615. The molecule has 2 aromatic rings. The van der Waals surface area contributed by atoms with Gasteiger partial charge in [0.2, 0.25) is 0 Å². The Labute approximate surface area is 135 Å². The highest BCUT2D eigenvalue weighted by atomic mass is 32.2. The molecule has 23 heavy (non-hydrogen) atoms. The number of imidazole rings is 1. The second-order valence-electron chi connectivity index (χ2n) is 5.15. The van der Waals surface area contributed by atoms with Crippen molar-refractivity contribution in [1.29, 1.82) is 0 Å². The minimum atomic E-state index is -3.82. The Hall–Kier alpha value is -2.25. The maximum atomic E-state index is 12.9. The first-order chi connectivity index (χ1) is 11.0. The second kappa shape index (κ2) is 6.89. The number of aldehydes is 1. The van der Waals surface area contributed by atoms with Gasteiger partial charge < -0.3 is 10.5 Å². The summed E-state index contributed by atoms with van der Waals surface area (Å²) in [4.78, 5) is 15.0. The lowest BCUT2D eigenvalue weighted by Gasteiger charge is -2.18. The lowest BCUT2D eigenvalue weighted by molar-refractivity contribution is -0.108. The molecule has 0 saturated heterocycles. The predicted octanol–water partition coefficient (Wildman–Crippen LogP) is 1.75. The largest absolute Gasteiger partial charge is 0.326 e. The smallest absolute Gasteiger partial charge is 0.250 e. The van der Waals surface area contributed by atoms with E-state index in [2.05, 4.69) is 11.6 Å². The van der Waals surface area contributed by atoms with Crippen LogP contribution in [0.15, 0.2) is 49.3 Å². The average molecular weight is 333 g/mol. The normalized spacial score (nSPS) is 14.2. The van der Waals surface area contributed by atoms with Gasteiger partial charge in [-0.2, -0.15) is 0 Å². The molecule has 0 aliphatic rings. The minimum Gasteiger partial charge on any atom is -0.326 e. The monoisotopic (exact) mass is 333 g/mol. The van der Waals surface area contributed by atoms with Gasteiger partial charge in [-0.25, -0.2) is 17.4 Å². The van der Waals surface area contributed by atoms with E-state index in [1.165, 1.54) is 18.5 Å². The van der Waals surface area contributed by atoms with E-state index in [4.69, 9.17) is 5.73 Å². The summed E-state index contributed by atoms with van der Waals surface area (Å²) < 4.78 is 26.9. The Kier molecular flexibility index (Phi) is 5.12. The molecule has 0 aliphatic heterocycles. The number of carbonyl (C=O) groups excluding carboxylic acids is 1. The van der Waals surface area contributed by atoms with Crippen LogP contribution in [-0.2, 0) is 21.4 Å². The Morgan fingerprint density at radius 2 is 2.00 bits per heavy atom. The molecule has 0 fully saturated rings. The van der Waals surface area contributed by atoms with Crippen LogP contribution in [0.1, 0.15) is 35.0 Å². The molecule has 0 radical (unpaired) electrons. The van der Waals surface area contributed by atoms with Gasteiger partial charge in [0.25, 0.3) is 10.0 Å². The van der Waals surface area contributed by atoms with Crippen LogP contribution >= 0.6 is 0 Å². The summed E-state index contributed by atoms with van der Waals surface area (Å²) in [6.07, 6.45) is 4.73. The van der Waals surface area contributed by atoms with E-state index < -0.39 is 21.2 Å². The van der Waals surface area contributed by atoms with Crippen LogP contribution < -0.4 is 5.73 Å². The highest BCUT2D eigenvalue weighted by molar-refractivity contribution is 7.90. The molecule has 2 rings (SSSR count). The molecule has 122 valence electrons. The van der Waals surface area contributed by atoms with Crippen molar-refractivity contribution >= 4 is 16.3 Å². The number of nitrogens with two attached hydrogens (primary N) is 1. The van der Waals surface area contributed by atoms with Gasteiger partial charge in [-0.15, -0.1) is 6.58 Å². The zero-order valence-electron chi connectivity index (χ0n) is 12.8. The first-order valence-corrected chi connectivity index (χ1v) is 8.60. The zero-order chi connectivity index (χ0) is 17.0. The fourth-order valence-electron chi connectivity index (χ4n) is 2.29. The number of hydrogen-bond acceptors (Lipinski definition) is 5. The van der Waals surface area contributed by atoms with Gasteiger partial charge in [0.1, 0.15) is 17.4 Å². The van der Waals surface area contributed by atoms with E-state index in [0.29, 0.717) is 18.4 Å². The standard InChI is InChI=1S/C16H19N3O3S/c1-3-15(14-6-4-13(10-17)5-7-14)23(21,22)19-9-8-18-16(19)12(2)11-20/h3-9,11-12,15H,1,10,17H2,2H3. The molecule has 0 amide bonds. The summed E-state index contributed by atoms with van der Waals surface area (Å²) in [5.41, 5.74) is 7.04. The van der Waals surface area contributed by atoms with Crippen LogP contribution in [-0.4, -0.2) is 23.7 Å². The Balaban J connectivity index is 2.49. The fourth-order valence-corrected chi connectivity index (χ4v) is 3.98. The van der Waals surface area contributed by atoms with Gasteiger partial charge in [0, 0.05) is 18.9 Å². The van der Waals surface area contributed by atoms with Crippen molar-refractivity contribution in [3.05, 3.63) is 66.3 Å². The van der Waals surface area contributed by atoms with Crippen molar-refractivity contribution in [1.82, 2.24) is 8.96 Å². The van der Waals surface area contributed by atoms with Crippen molar-refractivity contribution in [3.8, 4) is 0 Å². The number of rotatable bonds is 7. The number of nitrogens with zero attached hydrogens (tertiary/aromatic N) is 2. The zero-order valence-corrected chi connectivity index (χ0v) is 13.6. The summed E-state index contributed by atoms with van der Waals surface area (Å²) >= 11 is 0. The topological polar surface area (TPSA) is 95.1 Å². The molecule has 1 heterocycles. The molecule has 2 atom stereocenters. The van der Waals surface area contributed by atoms with Gasteiger partial charge in [0.15, 0.2) is 0 Å². The summed E-state index contributed by atoms with van der Waals surface area (Å²) in [7, 11) is -3.82. The molecule has 1 aromatic heterocycles. The summed E-state index contributed by atoms with van der Waals surface area (Å²) in [5, 5.41) is -0.943.